The van der Waals surface area contributed by atoms with Gasteiger partial charge in [0, 0.05) is 23.5 Å². The Morgan fingerprint density at radius 2 is 1.57 bits per heavy atom. The predicted octanol–water partition coefficient (Wildman–Crippen LogP) is 5.89. The monoisotopic (exact) mass is 465 g/mol. The molecule has 0 bridgehead atoms. The molecule has 3 aromatic carbocycles. The summed E-state index contributed by atoms with van der Waals surface area (Å²) in [5, 5.41) is 19.3. The van der Waals surface area contributed by atoms with E-state index < -0.39 is 0 Å². The molecule has 174 valence electrons. The standard InChI is InChI=1S/C27H23N5O3/c33-22-12-8-19(9-13-22)24-16-23-25(29-17-30-26(23)35-24)28-15-14-18-6-10-21(11-7-18)32-27(34)31-20-4-2-1-3-5-20/h1-13,16-17,33H,14-15H2,(H,28,29,30)(H2,31,32,34). The Labute approximate surface area is 201 Å². The van der Waals surface area contributed by atoms with Gasteiger partial charge in [-0.2, -0.15) is 0 Å². The van der Waals surface area contributed by atoms with Crippen molar-refractivity contribution in [1.82, 2.24) is 9.97 Å². The van der Waals surface area contributed by atoms with Crippen LogP contribution in [0, 0.1) is 0 Å². The number of hydrogen-bond donors (Lipinski definition) is 4. The zero-order valence-electron chi connectivity index (χ0n) is 18.7. The van der Waals surface area contributed by atoms with E-state index in [4.69, 9.17) is 4.42 Å². The Morgan fingerprint density at radius 1 is 0.857 bits per heavy atom. The predicted molar refractivity (Wildman–Crippen MR) is 137 cm³/mol. The molecule has 2 aromatic heterocycles. The minimum Gasteiger partial charge on any atom is -0.508 e. The van der Waals surface area contributed by atoms with Crippen LogP contribution in [0.25, 0.3) is 22.4 Å². The quantitative estimate of drug-likeness (QED) is 0.238. The van der Waals surface area contributed by atoms with E-state index >= 15 is 0 Å². The highest BCUT2D eigenvalue weighted by atomic mass is 16.3. The number of fused-ring (bicyclic) bond motifs is 1. The molecule has 0 aliphatic carbocycles. The van der Waals surface area contributed by atoms with Crippen LogP contribution in [0.5, 0.6) is 5.75 Å². The first-order valence-electron chi connectivity index (χ1n) is 11.1. The smallest absolute Gasteiger partial charge is 0.323 e. The summed E-state index contributed by atoms with van der Waals surface area (Å²) in [6, 6.07) is 25.4. The van der Waals surface area contributed by atoms with Crippen LogP contribution in [0.1, 0.15) is 5.56 Å². The van der Waals surface area contributed by atoms with Gasteiger partial charge in [-0.1, -0.05) is 30.3 Å². The van der Waals surface area contributed by atoms with Crippen molar-refractivity contribution in [3.8, 4) is 17.1 Å². The number of benzene rings is 3. The maximum absolute atomic E-state index is 12.1. The van der Waals surface area contributed by atoms with Crippen molar-refractivity contribution in [3.63, 3.8) is 0 Å². The minimum absolute atomic E-state index is 0.200. The molecule has 0 saturated heterocycles. The second-order valence-electron chi connectivity index (χ2n) is 7.92. The van der Waals surface area contributed by atoms with Crippen molar-refractivity contribution >= 4 is 34.3 Å². The molecule has 0 atom stereocenters. The lowest BCUT2D eigenvalue weighted by Gasteiger charge is -2.09. The Hall–Kier alpha value is -4.85. The average Bonchev–Trinajstić information content (AvgIpc) is 3.31. The van der Waals surface area contributed by atoms with Gasteiger partial charge in [-0.3, -0.25) is 0 Å². The second kappa shape index (κ2) is 9.96. The van der Waals surface area contributed by atoms with Crippen molar-refractivity contribution in [2.75, 3.05) is 22.5 Å². The Morgan fingerprint density at radius 3 is 2.31 bits per heavy atom. The van der Waals surface area contributed by atoms with Crippen LogP contribution >= 0.6 is 0 Å². The van der Waals surface area contributed by atoms with Gasteiger partial charge in [-0.05, 0) is 66.6 Å². The van der Waals surface area contributed by atoms with Crippen LogP contribution in [0.2, 0.25) is 0 Å². The van der Waals surface area contributed by atoms with E-state index in [0.29, 0.717) is 29.5 Å². The number of aromatic hydroxyl groups is 1. The summed E-state index contributed by atoms with van der Waals surface area (Å²) < 4.78 is 5.87. The van der Waals surface area contributed by atoms with Crippen molar-refractivity contribution in [2.45, 2.75) is 6.42 Å². The molecule has 0 fully saturated rings. The minimum atomic E-state index is -0.287. The van der Waals surface area contributed by atoms with E-state index in [2.05, 4.69) is 25.9 Å². The molecule has 5 aromatic rings. The van der Waals surface area contributed by atoms with E-state index in [1.165, 1.54) is 6.33 Å². The highest BCUT2D eigenvalue weighted by Gasteiger charge is 2.12. The van der Waals surface area contributed by atoms with Crippen LogP contribution in [-0.2, 0) is 6.42 Å². The van der Waals surface area contributed by atoms with Gasteiger partial charge in [0.1, 0.15) is 23.7 Å². The Kier molecular flexibility index (Phi) is 6.25. The first kappa shape index (κ1) is 22.0. The molecule has 0 aliphatic rings. The molecule has 0 aliphatic heterocycles. The van der Waals surface area contributed by atoms with Gasteiger partial charge in [0.25, 0.3) is 0 Å². The maximum Gasteiger partial charge on any atom is 0.323 e. The number of aromatic nitrogens is 2. The van der Waals surface area contributed by atoms with Crippen LogP contribution in [0.3, 0.4) is 0 Å². The molecule has 0 spiro atoms. The number of phenols is 1. The summed E-state index contributed by atoms with van der Waals surface area (Å²) in [7, 11) is 0. The van der Waals surface area contributed by atoms with Crippen molar-refractivity contribution in [1.29, 1.82) is 0 Å². The van der Waals surface area contributed by atoms with Gasteiger partial charge in [-0.15, -0.1) is 0 Å². The van der Waals surface area contributed by atoms with Gasteiger partial charge in [-0.25, -0.2) is 14.8 Å². The number of urea groups is 1. The number of carbonyl (C=O) groups excluding carboxylic acids is 1. The molecule has 8 nitrogen and oxygen atoms in total. The van der Waals surface area contributed by atoms with Crippen LogP contribution in [-0.4, -0.2) is 27.7 Å². The zero-order valence-corrected chi connectivity index (χ0v) is 18.7. The summed E-state index contributed by atoms with van der Waals surface area (Å²) in [4.78, 5) is 20.7. The van der Waals surface area contributed by atoms with Gasteiger partial charge >= 0.3 is 6.03 Å². The molecule has 5 rings (SSSR count). The highest BCUT2D eigenvalue weighted by Crippen LogP contribution is 2.30. The number of carbonyl (C=O) groups is 1. The molecular weight excluding hydrogens is 442 g/mol. The molecule has 8 heteroatoms. The lowest BCUT2D eigenvalue weighted by atomic mass is 10.1. The zero-order chi connectivity index (χ0) is 24.0. The van der Waals surface area contributed by atoms with Crippen LogP contribution < -0.4 is 16.0 Å². The SMILES string of the molecule is O=C(Nc1ccccc1)Nc1ccc(CCNc2ncnc3oc(-c4ccc(O)cc4)cc23)cc1. The first-order valence-corrected chi connectivity index (χ1v) is 11.1. The number of para-hydroxylation sites is 1. The van der Waals surface area contributed by atoms with Crippen LogP contribution in [0.4, 0.5) is 22.0 Å². The van der Waals surface area contributed by atoms with Crippen molar-refractivity contribution in [3.05, 3.63) is 96.8 Å². The molecule has 0 radical (unpaired) electrons. The van der Waals surface area contributed by atoms with Crippen LogP contribution in [0.15, 0.2) is 95.7 Å². The summed E-state index contributed by atoms with van der Waals surface area (Å²) >= 11 is 0. The first-order chi connectivity index (χ1) is 17.1. The Balaban J connectivity index is 1.18. The fourth-order valence-corrected chi connectivity index (χ4v) is 3.66. The number of amides is 2. The van der Waals surface area contributed by atoms with E-state index in [1.54, 1.807) is 24.3 Å². The summed E-state index contributed by atoms with van der Waals surface area (Å²) in [6.45, 7) is 0.660. The summed E-state index contributed by atoms with van der Waals surface area (Å²) in [5.74, 6) is 1.55. The molecule has 0 unspecified atom stereocenters. The van der Waals surface area contributed by atoms with E-state index in [-0.39, 0.29) is 11.8 Å². The second-order valence-corrected chi connectivity index (χ2v) is 7.92. The fraction of sp³-hybridized carbons (Fsp3) is 0.0741. The maximum atomic E-state index is 12.1. The van der Waals surface area contributed by atoms with Gasteiger partial charge in [0.15, 0.2) is 0 Å². The average molecular weight is 466 g/mol. The summed E-state index contributed by atoms with van der Waals surface area (Å²) in [5.41, 5.74) is 3.91. The lowest BCUT2D eigenvalue weighted by molar-refractivity contribution is 0.262. The largest absolute Gasteiger partial charge is 0.508 e. The number of phenolic OH excluding ortho intramolecular Hbond substituents is 1. The third kappa shape index (κ3) is 5.39. The number of rotatable bonds is 7. The number of nitrogens with zero attached hydrogens (tertiary/aromatic N) is 2. The molecule has 35 heavy (non-hydrogen) atoms. The number of anilines is 3. The van der Waals surface area contributed by atoms with E-state index in [1.807, 2.05) is 60.7 Å². The number of hydrogen-bond acceptors (Lipinski definition) is 6. The molecular formula is C27H23N5O3. The number of furan rings is 1. The van der Waals surface area contributed by atoms with Gasteiger partial charge in [0.2, 0.25) is 5.71 Å². The van der Waals surface area contributed by atoms with Crippen molar-refractivity contribution in [2.24, 2.45) is 0 Å². The Bertz CT molecular complexity index is 1430. The molecule has 4 N–H and O–H groups in total. The fourth-order valence-electron chi connectivity index (χ4n) is 3.66. The highest BCUT2D eigenvalue weighted by molar-refractivity contribution is 5.99. The normalized spacial score (nSPS) is 10.7. The van der Waals surface area contributed by atoms with E-state index in [9.17, 15) is 9.90 Å². The third-order valence-corrected chi connectivity index (χ3v) is 5.43. The van der Waals surface area contributed by atoms with Gasteiger partial charge in [0.05, 0.1) is 5.39 Å². The molecule has 2 heterocycles. The summed E-state index contributed by atoms with van der Waals surface area (Å²) in [6.07, 6.45) is 2.24. The topological polar surface area (TPSA) is 112 Å². The lowest BCUT2D eigenvalue weighted by Crippen LogP contribution is -2.19. The third-order valence-electron chi connectivity index (χ3n) is 5.43. The molecule has 2 amide bonds. The van der Waals surface area contributed by atoms with Gasteiger partial charge < -0.3 is 25.5 Å². The molecule has 0 saturated carbocycles. The number of nitrogens with one attached hydrogen (secondary N) is 3. The van der Waals surface area contributed by atoms with Crippen molar-refractivity contribution < 1.29 is 14.3 Å². The van der Waals surface area contributed by atoms with E-state index in [0.717, 1.165) is 28.6 Å².